The molecule has 0 saturated heterocycles. The fourth-order valence-corrected chi connectivity index (χ4v) is 4.10. The van der Waals surface area contributed by atoms with Crippen LogP contribution in [0.1, 0.15) is 10.4 Å². The standard InChI is InChI=1S/C18H11ClN2OS2/c19-12-4-3-5-13(9-12)21-17(22)16(24-18(21)23)8-11-10-20-15-7-2-1-6-14(11)15/h1-10,22H. The lowest BCUT2D eigenvalue weighted by Gasteiger charge is -2.05. The van der Waals surface area contributed by atoms with E-state index in [2.05, 4.69) is 4.99 Å². The maximum atomic E-state index is 10.6. The summed E-state index contributed by atoms with van der Waals surface area (Å²) in [6.45, 7) is 0. The number of halogens is 1. The van der Waals surface area contributed by atoms with Gasteiger partial charge in [-0.15, -0.1) is 11.3 Å². The maximum Gasteiger partial charge on any atom is 0.215 e. The molecular weight excluding hydrogens is 360 g/mol. The first-order valence-corrected chi connectivity index (χ1v) is 8.80. The van der Waals surface area contributed by atoms with Crippen LogP contribution < -0.4 is 0 Å². The van der Waals surface area contributed by atoms with Gasteiger partial charge in [0.25, 0.3) is 0 Å². The Hall–Kier alpha value is -2.21. The van der Waals surface area contributed by atoms with Crippen LogP contribution in [0, 0.1) is 3.95 Å². The summed E-state index contributed by atoms with van der Waals surface area (Å²) in [5, 5.41) is 11.2. The normalized spacial score (nSPS) is 14.3. The van der Waals surface area contributed by atoms with Gasteiger partial charge in [-0.1, -0.05) is 35.9 Å². The average molecular weight is 371 g/mol. The summed E-state index contributed by atoms with van der Waals surface area (Å²) in [5.74, 6) is 0.109. The van der Waals surface area contributed by atoms with E-state index >= 15 is 0 Å². The number of nitrogens with zero attached hydrogens (tertiary/aromatic N) is 2. The third-order valence-corrected chi connectivity index (χ3v) is 5.27. The predicted octanol–water partition coefficient (Wildman–Crippen LogP) is 5.88. The second-order valence-corrected chi connectivity index (χ2v) is 7.36. The molecule has 1 N–H and O–H groups in total. The van der Waals surface area contributed by atoms with Crippen LogP contribution >= 0.6 is 35.2 Å². The van der Waals surface area contributed by atoms with Crippen molar-refractivity contribution in [2.24, 2.45) is 4.99 Å². The lowest BCUT2D eigenvalue weighted by molar-refractivity contribution is 0.441. The zero-order chi connectivity index (χ0) is 16.7. The van der Waals surface area contributed by atoms with Crippen molar-refractivity contribution in [1.29, 1.82) is 0 Å². The topological polar surface area (TPSA) is 37.5 Å². The Morgan fingerprint density at radius 3 is 2.83 bits per heavy atom. The molecule has 3 aromatic rings. The van der Waals surface area contributed by atoms with Gasteiger partial charge in [0.2, 0.25) is 5.88 Å². The highest BCUT2D eigenvalue weighted by atomic mass is 35.5. The number of thiazole rings is 1. The van der Waals surface area contributed by atoms with E-state index in [1.54, 1.807) is 22.9 Å². The largest absolute Gasteiger partial charge is 0.493 e. The molecule has 24 heavy (non-hydrogen) atoms. The van der Waals surface area contributed by atoms with Crippen LogP contribution in [0.3, 0.4) is 0 Å². The molecule has 1 aliphatic rings. The van der Waals surface area contributed by atoms with Crippen molar-refractivity contribution in [3.63, 3.8) is 0 Å². The van der Waals surface area contributed by atoms with Gasteiger partial charge in [0.1, 0.15) is 0 Å². The van der Waals surface area contributed by atoms with Crippen molar-refractivity contribution >= 4 is 58.7 Å². The van der Waals surface area contributed by atoms with Gasteiger partial charge >= 0.3 is 0 Å². The Labute approximate surface area is 152 Å². The maximum absolute atomic E-state index is 10.6. The average Bonchev–Trinajstić information content (AvgIpc) is 3.09. The van der Waals surface area contributed by atoms with Gasteiger partial charge in [-0.05, 0) is 42.6 Å². The van der Waals surface area contributed by atoms with Crippen molar-refractivity contribution < 1.29 is 5.11 Å². The van der Waals surface area contributed by atoms with Crippen LogP contribution in [0.2, 0.25) is 5.02 Å². The van der Waals surface area contributed by atoms with E-state index in [4.69, 9.17) is 23.8 Å². The number of hydrogen-bond donors (Lipinski definition) is 1. The van der Waals surface area contributed by atoms with Gasteiger partial charge in [0.15, 0.2) is 3.95 Å². The molecule has 0 aliphatic carbocycles. The molecule has 0 bridgehead atoms. The molecular formula is C18H11ClN2OS2. The summed E-state index contributed by atoms with van der Waals surface area (Å²) >= 11 is 12.8. The lowest BCUT2D eigenvalue weighted by Crippen LogP contribution is -1.92. The van der Waals surface area contributed by atoms with Crippen LogP contribution in [0.15, 0.2) is 53.5 Å². The van der Waals surface area contributed by atoms with Gasteiger partial charge in [-0.3, -0.25) is 9.56 Å². The first kappa shape index (κ1) is 15.3. The highest BCUT2D eigenvalue weighted by molar-refractivity contribution is 7.73. The first-order chi connectivity index (χ1) is 11.6. The first-order valence-electron chi connectivity index (χ1n) is 7.19. The number of para-hydroxylation sites is 1. The summed E-state index contributed by atoms with van der Waals surface area (Å²) < 4.78 is 2.18. The highest BCUT2D eigenvalue weighted by Gasteiger charge is 2.16. The summed E-state index contributed by atoms with van der Waals surface area (Å²) in [5.41, 5.74) is 3.67. The monoisotopic (exact) mass is 370 g/mol. The quantitative estimate of drug-likeness (QED) is 0.571. The fourth-order valence-electron chi connectivity index (χ4n) is 2.61. The number of benzene rings is 2. The van der Waals surface area contributed by atoms with E-state index in [9.17, 15) is 5.11 Å². The molecule has 3 nitrogen and oxygen atoms in total. The minimum Gasteiger partial charge on any atom is -0.493 e. The minimum atomic E-state index is 0.109. The van der Waals surface area contributed by atoms with E-state index in [1.807, 2.05) is 42.5 Å². The molecule has 0 spiro atoms. The minimum absolute atomic E-state index is 0.109. The van der Waals surface area contributed by atoms with Crippen LogP contribution in [0.25, 0.3) is 17.3 Å². The third-order valence-electron chi connectivity index (χ3n) is 3.72. The van der Waals surface area contributed by atoms with Gasteiger partial charge in [-0.25, -0.2) is 0 Å². The third kappa shape index (κ3) is 2.60. The molecule has 2 aromatic carbocycles. The van der Waals surface area contributed by atoms with Gasteiger partial charge < -0.3 is 5.11 Å². The molecule has 118 valence electrons. The van der Waals surface area contributed by atoms with Crippen molar-refractivity contribution in [3.05, 3.63) is 67.9 Å². The van der Waals surface area contributed by atoms with Crippen LogP contribution in [-0.2, 0) is 0 Å². The number of allylic oxidation sites excluding steroid dienone is 1. The van der Waals surface area contributed by atoms with Crippen LogP contribution in [0.5, 0.6) is 5.88 Å². The number of aliphatic imine (C=N–C) groups is 1. The Morgan fingerprint density at radius 2 is 2.00 bits per heavy atom. The Morgan fingerprint density at radius 1 is 1.17 bits per heavy atom. The van der Waals surface area contributed by atoms with Crippen LogP contribution in [-0.4, -0.2) is 15.9 Å². The van der Waals surface area contributed by atoms with E-state index in [0.717, 1.165) is 22.5 Å². The molecule has 0 unspecified atom stereocenters. The van der Waals surface area contributed by atoms with Crippen molar-refractivity contribution in [1.82, 2.24) is 4.57 Å². The molecule has 0 fully saturated rings. The summed E-state index contributed by atoms with van der Waals surface area (Å²) in [6, 6.07) is 15.1. The van der Waals surface area contributed by atoms with E-state index < -0.39 is 0 Å². The lowest BCUT2D eigenvalue weighted by atomic mass is 10.1. The molecule has 0 saturated carbocycles. The molecule has 0 amide bonds. The predicted molar refractivity (Wildman–Crippen MR) is 104 cm³/mol. The number of aromatic hydroxyl groups is 1. The van der Waals surface area contributed by atoms with Gasteiger partial charge in [-0.2, -0.15) is 0 Å². The Bertz CT molecular complexity index is 1060. The highest BCUT2D eigenvalue weighted by Crippen LogP contribution is 2.37. The van der Waals surface area contributed by atoms with Crippen LogP contribution in [0.4, 0.5) is 5.69 Å². The fraction of sp³-hybridized carbons (Fsp3) is 0. The van der Waals surface area contributed by atoms with Crippen molar-refractivity contribution in [2.75, 3.05) is 0 Å². The molecule has 0 radical (unpaired) electrons. The molecule has 1 aromatic heterocycles. The Kier molecular flexibility index (Phi) is 3.84. The van der Waals surface area contributed by atoms with E-state index in [0.29, 0.717) is 13.9 Å². The number of hydrogen-bond acceptors (Lipinski definition) is 4. The molecule has 0 atom stereocenters. The molecule has 2 heterocycles. The van der Waals surface area contributed by atoms with Gasteiger partial charge in [0, 0.05) is 22.4 Å². The SMILES string of the molecule is Oc1c(C=C2C=Nc3ccccc32)sc(=S)n1-c1cccc(Cl)c1. The smallest absolute Gasteiger partial charge is 0.215 e. The molecule has 1 aliphatic heterocycles. The number of aromatic nitrogens is 1. The summed E-state index contributed by atoms with van der Waals surface area (Å²) in [6.07, 6.45) is 3.71. The summed E-state index contributed by atoms with van der Waals surface area (Å²) in [4.78, 5) is 5.08. The zero-order valence-electron chi connectivity index (χ0n) is 12.3. The molecule has 6 heteroatoms. The number of fused-ring (bicyclic) bond motifs is 1. The Balaban J connectivity index is 1.83. The second-order valence-electron chi connectivity index (χ2n) is 5.25. The van der Waals surface area contributed by atoms with E-state index in [-0.39, 0.29) is 5.88 Å². The second kappa shape index (κ2) is 6.02. The zero-order valence-corrected chi connectivity index (χ0v) is 14.7. The van der Waals surface area contributed by atoms with E-state index in [1.165, 1.54) is 11.3 Å². The van der Waals surface area contributed by atoms with Gasteiger partial charge in [0.05, 0.1) is 16.3 Å². The summed E-state index contributed by atoms with van der Waals surface area (Å²) in [7, 11) is 0. The molecule has 4 rings (SSSR count). The van der Waals surface area contributed by atoms with Crippen molar-refractivity contribution in [2.45, 2.75) is 0 Å². The number of rotatable bonds is 2. The van der Waals surface area contributed by atoms with Crippen molar-refractivity contribution in [3.8, 4) is 11.6 Å².